The first-order chi connectivity index (χ1) is 15.3. The molecule has 2 heterocycles. The molecule has 6 nitrogen and oxygen atoms in total. The molecule has 1 aromatic carbocycles. The van der Waals surface area contributed by atoms with Gasteiger partial charge in [-0.1, -0.05) is 53.8 Å². The molecule has 3 N–H and O–H groups in total. The Hall–Kier alpha value is -2.49. The number of hydrogen-bond donors (Lipinski definition) is 2. The number of carbonyl (C=O) groups is 3. The van der Waals surface area contributed by atoms with E-state index >= 15 is 0 Å². The number of fused-ring (bicyclic) bond motifs is 1. The van der Waals surface area contributed by atoms with Crippen molar-refractivity contribution in [1.82, 2.24) is 4.90 Å². The number of hydrogen-bond acceptors (Lipinski definition) is 6. The molecule has 0 spiro atoms. The highest BCUT2D eigenvalue weighted by molar-refractivity contribution is 8.26. The van der Waals surface area contributed by atoms with Gasteiger partial charge in [-0.05, 0) is 49.8 Å². The van der Waals surface area contributed by atoms with E-state index in [4.69, 9.17) is 18.0 Å². The molecule has 166 valence electrons. The summed E-state index contributed by atoms with van der Waals surface area (Å²) in [6, 6.07) is 7.87. The van der Waals surface area contributed by atoms with Crippen molar-refractivity contribution in [3.8, 4) is 0 Å². The maximum absolute atomic E-state index is 12.8. The SMILES string of the molecule is Cc1ccc(/C=C2/SC(=S)N(CCC(=O)Nc3sc4c(c3C(N)=O)CCCC4)C2=O)cc1. The molecule has 0 bridgehead atoms. The minimum atomic E-state index is -0.516. The maximum Gasteiger partial charge on any atom is 0.266 e. The topological polar surface area (TPSA) is 92.5 Å². The van der Waals surface area contributed by atoms with Crippen LogP contribution < -0.4 is 11.1 Å². The quantitative estimate of drug-likeness (QED) is 0.471. The molecule has 1 fully saturated rings. The van der Waals surface area contributed by atoms with E-state index in [0.717, 1.165) is 47.3 Å². The lowest BCUT2D eigenvalue weighted by Crippen LogP contribution is -2.31. The zero-order valence-electron chi connectivity index (χ0n) is 17.6. The van der Waals surface area contributed by atoms with Gasteiger partial charge in [0.15, 0.2) is 0 Å². The zero-order chi connectivity index (χ0) is 22.8. The monoisotopic (exact) mass is 485 g/mol. The third-order valence-corrected chi connectivity index (χ3v) is 8.07. The number of nitrogens with one attached hydrogen (secondary N) is 1. The van der Waals surface area contributed by atoms with E-state index < -0.39 is 5.91 Å². The number of thioether (sulfide) groups is 1. The molecule has 1 saturated heterocycles. The van der Waals surface area contributed by atoms with Crippen LogP contribution in [0.4, 0.5) is 5.00 Å². The number of thiocarbonyl (C=S) groups is 1. The number of anilines is 1. The molecule has 32 heavy (non-hydrogen) atoms. The smallest absolute Gasteiger partial charge is 0.266 e. The fourth-order valence-corrected chi connectivity index (χ4v) is 6.44. The number of amides is 3. The Morgan fingerprint density at radius 1 is 1.22 bits per heavy atom. The van der Waals surface area contributed by atoms with E-state index in [1.807, 2.05) is 37.3 Å². The van der Waals surface area contributed by atoms with Gasteiger partial charge in [-0.3, -0.25) is 19.3 Å². The van der Waals surface area contributed by atoms with Crippen LogP contribution in [0.25, 0.3) is 6.08 Å². The van der Waals surface area contributed by atoms with Crippen molar-refractivity contribution in [3.05, 3.63) is 56.3 Å². The van der Waals surface area contributed by atoms with Crippen LogP contribution in [0, 0.1) is 6.92 Å². The highest BCUT2D eigenvalue weighted by Crippen LogP contribution is 2.38. The Morgan fingerprint density at radius 2 is 1.94 bits per heavy atom. The van der Waals surface area contributed by atoms with E-state index in [1.165, 1.54) is 28.0 Å². The summed E-state index contributed by atoms with van der Waals surface area (Å²) < 4.78 is 0.436. The second-order valence-corrected chi connectivity index (χ2v) is 10.6. The van der Waals surface area contributed by atoms with E-state index in [9.17, 15) is 14.4 Å². The predicted octanol–water partition coefficient (Wildman–Crippen LogP) is 4.26. The molecule has 3 amide bonds. The number of primary amides is 1. The number of nitrogens with two attached hydrogens (primary N) is 1. The Labute approximate surface area is 200 Å². The molecule has 0 radical (unpaired) electrons. The van der Waals surface area contributed by atoms with Crippen molar-refractivity contribution in [1.29, 1.82) is 0 Å². The van der Waals surface area contributed by atoms with Gasteiger partial charge in [-0.15, -0.1) is 11.3 Å². The third-order valence-electron chi connectivity index (χ3n) is 5.48. The number of carbonyl (C=O) groups excluding carboxylic acids is 3. The summed E-state index contributed by atoms with van der Waals surface area (Å²) in [4.78, 5) is 40.5. The van der Waals surface area contributed by atoms with Gasteiger partial charge in [0, 0.05) is 17.8 Å². The summed E-state index contributed by atoms with van der Waals surface area (Å²) >= 11 is 8.03. The fraction of sp³-hybridized carbons (Fsp3) is 0.304. The minimum Gasteiger partial charge on any atom is -0.365 e. The molecule has 4 rings (SSSR count). The van der Waals surface area contributed by atoms with Crippen LogP contribution in [0.2, 0.25) is 0 Å². The lowest BCUT2D eigenvalue weighted by Gasteiger charge is -2.14. The minimum absolute atomic E-state index is 0.0744. The summed E-state index contributed by atoms with van der Waals surface area (Å²) in [5.41, 5.74) is 9.07. The molecule has 2 aliphatic rings. The largest absolute Gasteiger partial charge is 0.365 e. The van der Waals surface area contributed by atoms with Crippen molar-refractivity contribution in [2.45, 2.75) is 39.0 Å². The van der Waals surface area contributed by atoms with Crippen LogP contribution in [-0.4, -0.2) is 33.5 Å². The molecule has 0 saturated carbocycles. The average molecular weight is 486 g/mol. The fourth-order valence-electron chi connectivity index (χ4n) is 3.82. The summed E-state index contributed by atoms with van der Waals surface area (Å²) in [5, 5.41) is 3.35. The van der Waals surface area contributed by atoms with E-state index in [2.05, 4.69) is 5.32 Å². The first-order valence-corrected chi connectivity index (χ1v) is 12.4. The Kier molecular flexibility index (Phi) is 6.78. The summed E-state index contributed by atoms with van der Waals surface area (Å²) in [6.45, 7) is 2.19. The van der Waals surface area contributed by atoms with Crippen molar-refractivity contribution in [2.75, 3.05) is 11.9 Å². The van der Waals surface area contributed by atoms with Gasteiger partial charge in [-0.25, -0.2) is 0 Å². The maximum atomic E-state index is 12.8. The van der Waals surface area contributed by atoms with Gasteiger partial charge in [0.25, 0.3) is 11.8 Å². The normalized spacial score (nSPS) is 17.0. The summed E-state index contributed by atoms with van der Waals surface area (Å²) in [6.07, 6.45) is 5.69. The van der Waals surface area contributed by atoms with Gasteiger partial charge in [0.2, 0.25) is 5.91 Å². The number of nitrogens with zero attached hydrogens (tertiary/aromatic N) is 1. The van der Waals surface area contributed by atoms with Gasteiger partial charge < -0.3 is 11.1 Å². The van der Waals surface area contributed by atoms with Crippen LogP contribution in [0.3, 0.4) is 0 Å². The van der Waals surface area contributed by atoms with Crippen molar-refractivity contribution in [2.24, 2.45) is 5.73 Å². The molecule has 2 aromatic rings. The van der Waals surface area contributed by atoms with Gasteiger partial charge in [0.1, 0.15) is 9.32 Å². The number of rotatable bonds is 6. The van der Waals surface area contributed by atoms with Gasteiger partial charge >= 0.3 is 0 Å². The van der Waals surface area contributed by atoms with Gasteiger partial charge in [-0.2, -0.15) is 0 Å². The van der Waals surface area contributed by atoms with Crippen LogP contribution in [0.1, 0.15) is 51.2 Å². The molecule has 1 aromatic heterocycles. The zero-order valence-corrected chi connectivity index (χ0v) is 20.1. The molecular weight excluding hydrogens is 462 g/mol. The second-order valence-electron chi connectivity index (χ2n) is 7.82. The molecule has 1 aliphatic carbocycles. The van der Waals surface area contributed by atoms with Gasteiger partial charge in [0.05, 0.1) is 10.5 Å². The lowest BCUT2D eigenvalue weighted by atomic mass is 9.95. The summed E-state index contributed by atoms with van der Waals surface area (Å²) in [7, 11) is 0. The third kappa shape index (κ3) is 4.79. The van der Waals surface area contributed by atoms with E-state index in [0.29, 0.717) is 19.8 Å². The van der Waals surface area contributed by atoms with Crippen LogP contribution in [0.15, 0.2) is 29.2 Å². The number of thiophene rings is 1. The molecule has 1 aliphatic heterocycles. The molecule has 0 atom stereocenters. The molecule has 9 heteroatoms. The lowest BCUT2D eigenvalue weighted by molar-refractivity contribution is -0.122. The number of benzene rings is 1. The Morgan fingerprint density at radius 3 is 2.66 bits per heavy atom. The molecule has 0 unspecified atom stereocenters. The standard InChI is InChI=1S/C23H23N3O3S3/c1-13-6-8-14(9-7-13)12-17-22(29)26(23(30)32-17)11-10-18(27)25-21-19(20(24)28)15-4-2-3-5-16(15)31-21/h6-9,12H,2-5,10-11H2,1H3,(H2,24,28)(H,25,27)/b17-12+. The average Bonchev–Trinajstić information content (AvgIpc) is 3.24. The first-order valence-electron chi connectivity index (χ1n) is 10.4. The van der Waals surface area contributed by atoms with E-state index in [1.54, 1.807) is 0 Å². The Bertz CT molecular complexity index is 1140. The highest BCUT2D eigenvalue weighted by Gasteiger charge is 2.32. The van der Waals surface area contributed by atoms with Crippen LogP contribution in [-0.2, 0) is 22.4 Å². The first kappa shape index (κ1) is 22.7. The Balaban J connectivity index is 1.41. The van der Waals surface area contributed by atoms with E-state index in [-0.39, 0.29) is 24.8 Å². The van der Waals surface area contributed by atoms with Crippen molar-refractivity contribution >= 4 is 68.4 Å². The van der Waals surface area contributed by atoms with Crippen LogP contribution >= 0.6 is 35.3 Å². The second kappa shape index (κ2) is 9.56. The predicted molar refractivity (Wildman–Crippen MR) is 134 cm³/mol. The van der Waals surface area contributed by atoms with Crippen LogP contribution in [0.5, 0.6) is 0 Å². The van der Waals surface area contributed by atoms with Crippen molar-refractivity contribution < 1.29 is 14.4 Å². The van der Waals surface area contributed by atoms with Crippen molar-refractivity contribution in [3.63, 3.8) is 0 Å². The highest BCUT2D eigenvalue weighted by atomic mass is 32.2. The molecular formula is C23H23N3O3S3. The summed E-state index contributed by atoms with van der Waals surface area (Å²) in [5.74, 6) is -0.988. The number of aryl methyl sites for hydroxylation is 2.